The highest BCUT2D eigenvalue weighted by Crippen LogP contribution is 2.38. The number of nitrogens with one attached hydrogen (secondary N) is 2. The van der Waals surface area contributed by atoms with E-state index in [1.807, 2.05) is 0 Å². The van der Waals surface area contributed by atoms with Gasteiger partial charge in [0, 0.05) is 37.6 Å². The zero-order chi connectivity index (χ0) is 32.1. The fraction of sp³-hybridized carbons (Fsp3) is 0.0909. The van der Waals surface area contributed by atoms with Gasteiger partial charge in [-0.15, -0.1) is 11.8 Å². The molecule has 1 saturated heterocycles. The van der Waals surface area contributed by atoms with Crippen LogP contribution in [0.3, 0.4) is 0 Å². The lowest BCUT2D eigenvalue weighted by Crippen LogP contribution is -2.31. The molecule has 4 aromatic carbocycles. The van der Waals surface area contributed by atoms with Crippen molar-refractivity contribution in [2.75, 3.05) is 17.3 Å². The summed E-state index contributed by atoms with van der Waals surface area (Å²) in [4.78, 5) is 54.4. The normalized spacial score (nSPS) is 14.8. The summed E-state index contributed by atoms with van der Waals surface area (Å²) in [6.07, 6.45) is 1.50. The molecule has 45 heavy (non-hydrogen) atoms. The Morgan fingerprint density at radius 2 is 1.76 bits per heavy atom. The number of carbonyl (C=O) groups is 4. The molecule has 0 bridgehead atoms. The zero-order valence-electron chi connectivity index (χ0n) is 23.6. The second-order valence-electron chi connectivity index (χ2n) is 9.72. The smallest absolute Gasteiger partial charge is 0.272 e. The number of hydrogen-bond donors (Lipinski definition) is 2. The van der Waals surface area contributed by atoms with Crippen molar-refractivity contribution in [1.82, 2.24) is 5.32 Å². The molecule has 2 N–H and O–H groups in total. The van der Waals surface area contributed by atoms with Gasteiger partial charge in [0.05, 0.1) is 23.1 Å². The van der Waals surface area contributed by atoms with Crippen LogP contribution in [0.2, 0.25) is 10.0 Å². The van der Waals surface area contributed by atoms with Gasteiger partial charge in [0.2, 0.25) is 11.8 Å². The van der Waals surface area contributed by atoms with Crippen LogP contribution in [0.25, 0.3) is 6.08 Å². The van der Waals surface area contributed by atoms with Crippen LogP contribution in [-0.4, -0.2) is 36.0 Å². The predicted molar refractivity (Wildman–Crippen MR) is 181 cm³/mol. The maximum Gasteiger partial charge on any atom is 0.272 e. The fourth-order valence-corrected chi connectivity index (χ4v) is 6.52. The monoisotopic (exact) mass is 723 g/mol. The number of anilines is 2. The number of amides is 4. The van der Waals surface area contributed by atoms with Gasteiger partial charge < -0.3 is 15.4 Å². The van der Waals surface area contributed by atoms with E-state index in [1.165, 1.54) is 37.1 Å². The first-order valence-corrected chi connectivity index (χ1v) is 15.9. The number of nitrogens with zero attached hydrogens (tertiary/aromatic N) is 1. The largest absolute Gasteiger partial charge is 0.496 e. The number of thioether (sulfide) groups is 1. The van der Waals surface area contributed by atoms with Gasteiger partial charge in [0.1, 0.15) is 11.4 Å². The van der Waals surface area contributed by atoms with E-state index in [4.69, 9.17) is 27.9 Å². The van der Waals surface area contributed by atoms with Gasteiger partial charge >= 0.3 is 0 Å². The number of ether oxygens (including phenoxy) is 1. The Morgan fingerprint density at radius 1 is 0.978 bits per heavy atom. The van der Waals surface area contributed by atoms with Gasteiger partial charge in [-0.3, -0.25) is 19.2 Å². The summed E-state index contributed by atoms with van der Waals surface area (Å²) in [5.74, 6) is -1.33. The van der Waals surface area contributed by atoms with Crippen LogP contribution in [0.1, 0.15) is 22.3 Å². The van der Waals surface area contributed by atoms with E-state index in [0.29, 0.717) is 32.5 Å². The minimum absolute atomic E-state index is 0.0219. The number of carbonyl (C=O) groups excluding carboxylic acids is 4. The Hall–Kier alpha value is -4.09. The Kier molecular flexibility index (Phi) is 10.3. The van der Waals surface area contributed by atoms with Crippen LogP contribution in [0.4, 0.5) is 11.4 Å². The molecule has 228 valence electrons. The molecule has 4 aromatic rings. The van der Waals surface area contributed by atoms with E-state index in [-0.39, 0.29) is 28.7 Å². The van der Waals surface area contributed by atoms with Crippen molar-refractivity contribution in [2.45, 2.75) is 16.6 Å². The third-order valence-electron chi connectivity index (χ3n) is 6.65. The Balaban J connectivity index is 1.36. The van der Waals surface area contributed by atoms with E-state index >= 15 is 0 Å². The average molecular weight is 725 g/mol. The van der Waals surface area contributed by atoms with Crippen molar-refractivity contribution >= 4 is 92.0 Å². The highest BCUT2D eigenvalue weighted by Gasteiger charge is 2.41. The lowest BCUT2D eigenvalue weighted by molar-refractivity contribution is -0.121. The minimum Gasteiger partial charge on any atom is -0.496 e. The number of halogens is 3. The number of benzene rings is 4. The second-order valence-corrected chi connectivity index (χ2v) is 12.8. The molecule has 1 aliphatic rings. The van der Waals surface area contributed by atoms with Gasteiger partial charge in [0.15, 0.2) is 0 Å². The summed E-state index contributed by atoms with van der Waals surface area (Å²) >= 11 is 16.9. The van der Waals surface area contributed by atoms with Crippen LogP contribution in [-0.2, 0) is 14.4 Å². The summed E-state index contributed by atoms with van der Waals surface area (Å²) < 4.78 is 6.21. The molecule has 0 spiro atoms. The van der Waals surface area contributed by atoms with E-state index < -0.39 is 23.0 Å². The first kappa shape index (κ1) is 32.3. The third-order valence-corrected chi connectivity index (χ3v) is 8.86. The lowest BCUT2D eigenvalue weighted by atomic mass is 10.1. The first-order valence-electron chi connectivity index (χ1n) is 13.4. The molecule has 0 radical (unpaired) electrons. The molecule has 1 heterocycles. The van der Waals surface area contributed by atoms with Gasteiger partial charge in [-0.05, 0) is 72.8 Å². The van der Waals surface area contributed by atoms with Crippen molar-refractivity contribution < 1.29 is 23.9 Å². The molecule has 1 fully saturated rings. The lowest BCUT2D eigenvalue weighted by Gasteiger charge is -2.17. The average Bonchev–Trinajstić information content (AvgIpc) is 3.29. The quantitative estimate of drug-likeness (QED) is 0.136. The van der Waals surface area contributed by atoms with Crippen LogP contribution in [0, 0.1) is 0 Å². The molecule has 5 rings (SSSR count). The van der Waals surface area contributed by atoms with Crippen molar-refractivity contribution in [3.63, 3.8) is 0 Å². The number of rotatable bonds is 9. The summed E-state index contributed by atoms with van der Waals surface area (Å²) in [6, 6.07) is 25.3. The summed E-state index contributed by atoms with van der Waals surface area (Å²) in [5, 5.41) is 5.43. The molecule has 8 nitrogen and oxygen atoms in total. The second kappa shape index (κ2) is 14.3. The highest BCUT2D eigenvalue weighted by atomic mass is 79.9. The molecular formula is C33H24BrCl2N3O5S. The zero-order valence-corrected chi connectivity index (χ0v) is 27.5. The van der Waals surface area contributed by atoms with Crippen LogP contribution in [0.15, 0.2) is 106 Å². The van der Waals surface area contributed by atoms with Crippen molar-refractivity contribution in [2.24, 2.45) is 0 Å². The standard InChI is InChI=1S/C33H24BrCl2N3O5S/c1-44-28-13-10-21(34)14-20(28)15-26(38-31(41)19-6-3-2-4-7-19)32(42)37-23-8-5-9-24(17-23)45-29-18-30(40)39(33(29)43)27-12-11-22(35)16-25(27)36/h2-17,29H,18H2,1H3,(H,37,42)(H,38,41)/b26-15-. The number of imide groups is 1. The minimum atomic E-state index is -0.695. The Labute approximate surface area is 281 Å². The van der Waals surface area contributed by atoms with Crippen molar-refractivity contribution in [1.29, 1.82) is 0 Å². The molecule has 1 unspecified atom stereocenters. The molecular weight excluding hydrogens is 701 g/mol. The van der Waals surface area contributed by atoms with E-state index in [9.17, 15) is 19.2 Å². The SMILES string of the molecule is COc1ccc(Br)cc1/C=C(\NC(=O)c1ccccc1)C(=O)Nc1cccc(SC2CC(=O)N(c3ccc(Cl)cc3Cl)C2=O)c1. The molecule has 0 saturated carbocycles. The van der Waals surface area contributed by atoms with Gasteiger partial charge in [-0.2, -0.15) is 0 Å². The predicted octanol–water partition coefficient (Wildman–Crippen LogP) is 7.60. The van der Waals surface area contributed by atoms with Gasteiger partial charge in [-0.1, -0.05) is 63.4 Å². The molecule has 1 aliphatic heterocycles. The highest BCUT2D eigenvalue weighted by molar-refractivity contribution is 9.10. The summed E-state index contributed by atoms with van der Waals surface area (Å²) in [5.41, 5.74) is 1.61. The maximum absolute atomic E-state index is 13.6. The number of hydrogen-bond acceptors (Lipinski definition) is 6. The summed E-state index contributed by atoms with van der Waals surface area (Å²) in [6.45, 7) is 0. The third kappa shape index (κ3) is 7.77. The Morgan fingerprint density at radius 3 is 2.49 bits per heavy atom. The topological polar surface area (TPSA) is 105 Å². The molecule has 0 aliphatic carbocycles. The van der Waals surface area contributed by atoms with Crippen LogP contribution in [0.5, 0.6) is 5.75 Å². The van der Waals surface area contributed by atoms with Gasteiger partial charge in [0.25, 0.3) is 11.8 Å². The first-order chi connectivity index (χ1) is 21.6. The van der Waals surface area contributed by atoms with Crippen molar-refractivity contribution in [3.8, 4) is 5.75 Å². The van der Waals surface area contributed by atoms with E-state index in [2.05, 4.69) is 26.6 Å². The van der Waals surface area contributed by atoms with Gasteiger partial charge in [-0.25, -0.2) is 4.90 Å². The maximum atomic E-state index is 13.6. The molecule has 1 atom stereocenters. The van der Waals surface area contributed by atoms with Crippen LogP contribution < -0.4 is 20.3 Å². The van der Waals surface area contributed by atoms with Crippen molar-refractivity contribution in [3.05, 3.63) is 122 Å². The van der Waals surface area contributed by atoms with E-state index in [0.717, 1.165) is 9.37 Å². The van der Waals surface area contributed by atoms with Crippen LogP contribution >= 0.6 is 50.9 Å². The Bertz CT molecular complexity index is 1840. The molecule has 0 aromatic heterocycles. The molecule has 4 amide bonds. The number of methoxy groups -OCH3 is 1. The molecule has 12 heteroatoms. The fourth-order valence-electron chi connectivity index (χ4n) is 4.54. The summed E-state index contributed by atoms with van der Waals surface area (Å²) in [7, 11) is 1.51. The van der Waals surface area contributed by atoms with E-state index in [1.54, 1.807) is 78.9 Å².